The summed E-state index contributed by atoms with van der Waals surface area (Å²) in [5.74, 6) is 1.06. The highest BCUT2D eigenvalue weighted by atomic mass is 16.2. The van der Waals surface area contributed by atoms with Gasteiger partial charge in [0.2, 0.25) is 5.91 Å². The smallest absolute Gasteiger partial charge is 0.222 e. The lowest BCUT2D eigenvalue weighted by Crippen LogP contribution is -2.36. The van der Waals surface area contributed by atoms with Crippen molar-refractivity contribution in [3.63, 3.8) is 0 Å². The number of pyridine rings is 1. The van der Waals surface area contributed by atoms with Gasteiger partial charge >= 0.3 is 0 Å². The van der Waals surface area contributed by atoms with Crippen LogP contribution in [0.2, 0.25) is 0 Å². The lowest BCUT2D eigenvalue weighted by molar-refractivity contribution is -0.131. The number of rotatable bonds is 5. The lowest BCUT2D eigenvalue weighted by Gasteiger charge is -2.30. The molecule has 0 bridgehead atoms. The second-order valence-electron chi connectivity index (χ2n) is 7.64. The maximum Gasteiger partial charge on any atom is 0.222 e. The van der Waals surface area contributed by atoms with Crippen molar-refractivity contribution in [2.45, 2.75) is 38.6 Å². The molecule has 0 N–H and O–H groups in total. The van der Waals surface area contributed by atoms with E-state index in [9.17, 15) is 4.79 Å². The molecule has 0 aromatic carbocycles. The summed E-state index contributed by atoms with van der Waals surface area (Å²) in [6, 6.07) is 6.07. The summed E-state index contributed by atoms with van der Waals surface area (Å²) in [4.78, 5) is 24.0. The van der Waals surface area contributed by atoms with Gasteiger partial charge in [-0.25, -0.2) is 0 Å². The van der Waals surface area contributed by atoms with Crippen LogP contribution in [-0.2, 0) is 11.3 Å². The Morgan fingerprint density at radius 2 is 2.08 bits per heavy atom. The van der Waals surface area contributed by atoms with Crippen LogP contribution in [-0.4, -0.2) is 71.9 Å². The number of hydrogen-bond acceptors (Lipinski definition) is 4. The molecule has 2 fully saturated rings. The second-order valence-corrected chi connectivity index (χ2v) is 7.64. The van der Waals surface area contributed by atoms with Gasteiger partial charge in [-0.2, -0.15) is 0 Å². The molecule has 0 spiro atoms. The van der Waals surface area contributed by atoms with Crippen molar-refractivity contribution in [2.24, 2.45) is 5.92 Å². The Hall–Kier alpha value is -1.46. The number of likely N-dealkylation sites (tertiary alicyclic amines) is 1. The van der Waals surface area contributed by atoms with Gasteiger partial charge in [0.1, 0.15) is 0 Å². The third-order valence-electron chi connectivity index (χ3n) is 5.54. The Bertz CT molecular complexity index is 536. The van der Waals surface area contributed by atoms with Crippen molar-refractivity contribution in [3.8, 4) is 0 Å². The van der Waals surface area contributed by atoms with Gasteiger partial charge in [-0.1, -0.05) is 6.07 Å². The summed E-state index contributed by atoms with van der Waals surface area (Å²) in [6.45, 7) is 7.02. The Labute approximate surface area is 152 Å². The van der Waals surface area contributed by atoms with Gasteiger partial charge in [0, 0.05) is 51.9 Å². The Kier molecular flexibility index (Phi) is 6.82. The molecule has 2 saturated heterocycles. The Morgan fingerprint density at radius 1 is 1.16 bits per heavy atom. The first-order valence-corrected chi connectivity index (χ1v) is 9.79. The van der Waals surface area contributed by atoms with Gasteiger partial charge in [-0.15, -0.1) is 0 Å². The van der Waals surface area contributed by atoms with E-state index in [0.717, 1.165) is 64.2 Å². The van der Waals surface area contributed by atoms with Gasteiger partial charge in [-0.3, -0.25) is 14.7 Å². The number of nitrogens with zero attached hydrogens (tertiary/aromatic N) is 4. The molecule has 2 aliphatic heterocycles. The molecule has 1 aromatic rings. The summed E-state index contributed by atoms with van der Waals surface area (Å²) >= 11 is 0. The van der Waals surface area contributed by atoms with E-state index in [1.807, 2.05) is 18.3 Å². The fourth-order valence-corrected chi connectivity index (χ4v) is 4.09. The summed E-state index contributed by atoms with van der Waals surface area (Å²) in [7, 11) is 2.19. The molecule has 5 heteroatoms. The first kappa shape index (κ1) is 18.3. The molecule has 25 heavy (non-hydrogen) atoms. The molecular weight excluding hydrogens is 312 g/mol. The maximum absolute atomic E-state index is 12.6. The van der Waals surface area contributed by atoms with Crippen LogP contribution in [0.3, 0.4) is 0 Å². The zero-order valence-electron chi connectivity index (χ0n) is 15.6. The van der Waals surface area contributed by atoms with Crippen LogP contribution in [0.5, 0.6) is 0 Å². The van der Waals surface area contributed by atoms with Crippen molar-refractivity contribution < 1.29 is 4.79 Å². The fraction of sp³-hybridized carbons (Fsp3) is 0.700. The van der Waals surface area contributed by atoms with Gasteiger partial charge in [0.05, 0.1) is 5.69 Å². The van der Waals surface area contributed by atoms with E-state index < -0.39 is 0 Å². The number of carbonyl (C=O) groups is 1. The monoisotopic (exact) mass is 344 g/mol. The number of amides is 1. The average molecular weight is 345 g/mol. The molecule has 3 heterocycles. The van der Waals surface area contributed by atoms with Crippen molar-refractivity contribution in [2.75, 3.05) is 46.3 Å². The summed E-state index contributed by atoms with van der Waals surface area (Å²) < 4.78 is 0. The minimum atomic E-state index is 0.355. The predicted octanol–water partition coefficient (Wildman–Crippen LogP) is 2.24. The molecule has 138 valence electrons. The highest BCUT2D eigenvalue weighted by molar-refractivity contribution is 5.76. The van der Waals surface area contributed by atoms with Gasteiger partial charge < -0.3 is 9.80 Å². The SMILES string of the molecule is CN1CCCC(CCC(=O)N2CCCN(Cc3ccccn3)CC2)C1. The van der Waals surface area contributed by atoms with Crippen LogP contribution in [0.25, 0.3) is 0 Å². The van der Waals surface area contributed by atoms with Crippen LogP contribution in [0.15, 0.2) is 24.4 Å². The first-order valence-electron chi connectivity index (χ1n) is 9.79. The molecule has 0 radical (unpaired) electrons. The van der Waals surface area contributed by atoms with E-state index in [4.69, 9.17) is 0 Å². The van der Waals surface area contributed by atoms with Crippen LogP contribution in [0.4, 0.5) is 0 Å². The number of carbonyl (C=O) groups excluding carboxylic acids is 1. The standard InChI is InChI=1S/C20H32N4O/c1-22-11-4-6-18(16-22)8-9-20(25)24-13-5-12-23(14-15-24)17-19-7-2-3-10-21-19/h2-3,7,10,18H,4-6,8-9,11-17H2,1H3. The van der Waals surface area contributed by atoms with E-state index in [-0.39, 0.29) is 0 Å². The fourth-order valence-electron chi connectivity index (χ4n) is 4.09. The molecular formula is C20H32N4O. The third kappa shape index (κ3) is 5.79. The zero-order valence-corrected chi connectivity index (χ0v) is 15.6. The number of hydrogen-bond donors (Lipinski definition) is 0. The van der Waals surface area contributed by atoms with E-state index in [0.29, 0.717) is 11.8 Å². The minimum absolute atomic E-state index is 0.355. The van der Waals surface area contributed by atoms with Gasteiger partial charge in [0.15, 0.2) is 0 Å². The number of piperidine rings is 1. The average Bonchev–Trinajstić information content (AvgIpc) is 2.86. The molecule has 0 saturated carbocycles. The minimum Gasteiger partial charge on any atom is -0.341 e. The Balaban J connectivity index is 1.41. The zero-order chi connectivity index (χ0) is 17.5. The predicted molar refractivity (Wildman–Crippen MR) is 100 cm³/mol. The van der Waals surface area contributed by atoms with Crippen LogP contribution < -0.4 is 0 Å². The topological polar surface area (TPSA) is 39.7 Å². The van der Waals surface area contributed by atoms with Crippen LogP contribution in [0, 0.1) is 5.92 Å². The van der Waals surface area contributed by atoms with Crippen molar-refractivity contribution in [1.29, 1.82) is 0 Å². The normalized spacial score (nSPS) is 23.4. The van der Waals surface area contributed by atoms with Crippen molar-refractivity contribution >= 4 is 5.91 Å². The third-order valence-corrected chi connectivity index (χ3v) is 5.54. The molecule has 1 unspecified atom stereocenters. The molecule has 1 atom stereocenters. The summed E-state index contributed by atoms with van der Waals surface area (Å²) in [6.07, 6.45) is 7.25. The maximum atomic E-state index is 12.6. The highest BCUT2D eigenvalue weighted by Crippen LogP contribution is 2.20. The molecule has 1 aromatic heterocycles. The summed E-state index contributed by atoms with van der Waals surface area (Å²) in [5, 5.41) is 0. The lowest BCUT2D eigenvalue weighted by atomic mass is 9.93. The van der Waals surface area contributed by atoms with E-state index >= 15 is 0 Å². The molecule has 3 rings (SSSR count). The molecule has 5 nitrogen and oxygen atoms in total. The van der Waals surface area contributed by atoms with Gasteiger partial charge in [-0.05, 0) is 57.3 Å². The van der Waals surface area contributed by atoms with Crippen LogP contribution in [0.1, 0.15) is 37.8 Å². The molecule has 0 aliphatic carbocycles. The first-order chi connectivity index (χ1) is 12.2. The quantitative estimate of drug-likeness (QED) is 0.821. The van der Waals surface area contributed by atoms with Crippen molar-refractivity contribution in [1.82, 2.24) is 19.7 Å². The largest absolute Gasteiger partial charge is 0.341 e. The number of aromatic nitrogens is 1. The van der Waals surface area contributed by atoms with E-state index in [1.54, 1.807) is 0 Å². The second kappa shape index (κ2) is 9.30. The van der Waals surface area contributed by atoms with E-state index in [2.05, 4.69) is 32.8 Å². The summed E-state index contributed by atoms with van der Waals surface area (Å²) in [5.41, 5.74) is 1.11. The molecule has 2 aliphatic rings. The van der Waals surface area contributed by atoms with Crippen LogP contribution >= 0.6 is 0 Å². The van der Waals surface area contributed by atoms with E-state index in [1.165, 1.54) is 19.4 Å². The highest BCUT2D eigenvalue weighted by Gasteiger charge is 2.22. The van der Waals surface area contributed by atoms with Gasteiger partial charge in [0.25, 0.3) is 0 Å². The van der Waals surface area contributed by atoms with Crippen molar-refractivity contribution in [3.05, 3.63) is 30.1 Å². The Morgan fingerprint density at radius 3 is 2.88 bits per heavy atom. The molecule has 1 amide bonds.